The van der Waals surface area contributed by atoms with Crippen molar-refractivity contribution in [2.24, 2.45) is 0 Å². The van der Waals surface area contributed by atoms with Crippen LogP contribution in [0.5, 0.6) is 17.2 Å². The molecule has 1 aromatic heterocycles. The second-order valence-electron chi connectivity index (χ2n) is 6.67. The molecule has 2 aliphatic heterocycles. The Balaban J connectivity index is 1.30. The molecule has 0 bridgehead atoms. The van der Waals surface area contributed by atoms with Crippen LogP contribution in [-0.2, 0) is 6.54 Å². The number of rotatable bonds is 4. The summed E-state index contributed by atoms with van der Waals surface area (Å²) in [5.74, 6) is 2.58. The first kappa shape index (κ1) is 16.6. The lowest BCUT2D eigenvalue weighted by atomic mass is 10.0. The van der Waals surface area contributed by atoms with E-state index in [9.17, 15) is 0 Å². The molecular weight excluding hydrogens is 360 g/mol. The minimum absolute atomic E-state index is 0.290. The van der Waals surface area contributed by atoms with E-state index in [4.69, 9.17) is 19.2 Å². The lowest BCUT2D eigenvalue weighted by Gasteiger charge is -2.17. The third-order valence-electron chi connectivity index (χ3n) is 4.89. The van der Waals surface area contributed by atoms with Gasteiger partial charge in [-0.05, 0) is 37.1 Å². The molecule has 2 aliphatic rings. The van der Waals surface area contributed by atoms with E-state index in [-0.39, 0.29) is 0 Å². The monoisotopic (exact) mass is 380 g/mol. The van der Waals surface area contributed by atoms with Crippen LogP contribution in [0.1, 0.15) is 30.1 Å². The Kier molecular flexibility index (Phi) is 4.43. The normalized spacial score (nSPS) is 17.9. The number of nitrogens with zero attached hydrogens (tertiary/aromatic N) is 1. The van der Waals surface area contributed by atoms with Crippen LogP contribution in [-0.4, -0.2) is 18.4 Å². The van der Waals surface area contributed by atoms with E-state index in [1.54, 1.807) is 11.3 Å². The van der Waals surface area contributed by atoms with Gasteiger partial charge < -0.3 is 19.5 Å². The topological polar surface area (TPSA) is 52.6 Å². The molecule has 1 unspecified atom stereocenters. The summed E-state index contributed by atoms with van der Waals surface area (Å²) in [7, 11) is 0. The van der Waals surface area contributed by atoms with Crippen LogP contribution >= 0.6 is 11.3 Å². The van der Waals surface area contributed by atoms with Crippen LogP contribution in [0.4, 0.5) is 0 Å². The molecule has 138 valence electrons. The first-order chi connectivity index (χ1) is 13.4. The second kappa shape index (κ2) is 7.21. The minimum atomic E-state index is 0.290. The van der Waals surface area contributed by atoms with Crippen molar-refractivity contribution in [3.8, 4) is 27.8 Å². The number of hydrogen-bond acceptors (Lipinski definition) is 6. The van der Waals surface area contributed by atoms with E-state index >= 15 is 0 Å². The Labute approximate surface area is 161 Å². The molecule has 5 nitrogen and oxygen atoms in total. The summed E-state index contributed by atoms with van der Waals surface area (Å²) in [6.45, 7) is 1.80. The molecule has 0 aliphatic carbocycles. The summed E-state index contributed by atoms with van der Waals surface area (Å²) in [4.78, 5) is 4.80. The molecule has 2 aromatic carbocycles. The quantitative estimate of drug-likeness (QED) is 0.720. The van der Waals surface area contributed by atoms with E-state index in [0.717, 1.165) is 59.5 Å². The Morgan fingerprint density at radius 1 is 1.04 bits per heavy atom. The predicted molar refractivity (Wildman–Crippen MR) is 104 cm³/mol. The largest absolute Gasteiger partial charge is 0.493 e. The number of para-hydroxylation sites is 1. The van der Waals surface area contributed by atoms with Crippen LogP contribution < -0.4 is 19.5 Å². The number of benzene rings is 2. The second-order valence-corrected chi connectivity index (χ2v) is 7.53. The highest BCUT2D eigenvalue weighted by molar-refractivity contribution is 7.13. The van der Waals surface area contributed by atoms with E-state index in [1.165, 1.54) is 5.56 Å². The molecule has 3 heterocycles. The van der Waals surface area contributed by atoms with Crippen molar-refractivity contribution >= 4 is 11.3 Å². The van der Waals surface area contributed by atoms with Crippen LogP contribution in [0, 0.1) is 0 Å². The van der Waals surface area contributed by atoms with Crippen molar-refractivity contribution < 1.29 is 14.2 Å². The van der Waals surface area contributed by atoms with Crippen molar-refractivity contribution in [2.75, 3.05) is 13.4 Å². The SMILES string of the molecule is c1ccc2c(c1)OCCCC2NCc1csc(-c2ccc3c(c2)OCO3)n1. The zero-order chi connectivity index (χ0) is 18.1. The summed E-state index contributed by atoms with van der Waals surface area (Å²) in [6.07, 6.45) is 2.11. The van der Waals surface area contributed by atoms with Gasteiger partial charge in [-0.2, -0.15) is 0 Å². The standard InChI is InChI=1S/C21H20N2O3S/c1-2-6-18-16(4-1)17(5-3-9-24-18)22-11-15-12-27-21(23-15)14-7-8-19-20(10-14)26-13-25-19/h1-2,4,6-8,10,12,17,22H,3,5,9,11,13H2. The van der Waals surface area contributed by atoms with E-state index < -0.39 is 0 Å². The molecule has 0 spiro atoms. The Bertz CT molecular complexity index is 956. The van der Waals surface area contributed by atoms with Crippen LogP contribution in [0.25, 0.3) is 10.6 Å². The fourth-order valence-corrected chi connectivity index (χ4v) is 4.33. The van der Waals surface area contributed by atoms with Gasteiger partial charge in [-0.3, -0.25) is 0 Å². The molecule has 27 heavy (non-hydrogen) atoms. The average Bonchev–Trinajstić information content (AvgIpc) is 3.32. The van der Waals surface area contributed by atoms with Crippen LogP contribution in [0.15, 0.2) is 47.8 Å². The molecule has 0 saturated carbocycles. The van der Waals surface area contributed by atoms with Gasteiger partial charge in [0.2, 0.25) is 6.79 Å². The summed E-state index contributed by atoms with van der Waals surface area (Å²) in [5, 5.41) is 6.77. The maximum atomic E-state index is 5.85. The lowest BCUT2D eigenvalue weighted by Crippen LogP contribution is -2.20. The number of nitrogens with one attached hydrogen (secondary N) is 1. The molecule has 5 rings (SSSR count). The van der Waals surface area contributed by atoms with Gasteiger partial charge in [-0.15, -0.1) is 11.3 Å². The molecule has 1 atom stereocenters. The summed E-state index contributed by atoms with van der Waals surface area (Å²) in [5.41, 5.74) is 3.35. The number of hydrogen-bond donors (Lipinski definition) is 1. The number of aromatic nitrogens is 1. The van der Waals surface area contributed by atoms with Gasteiger partial charge in [0.25, 0.3) is 0 Å². The Morgan fingerprint density at radius 3 is 2.96 bits per heavy atom. The van der Waals surface area contributed by atoms with Crippen LogP contribution in [0.2, 0.25) is 0 Å². The highest BCUT2D eigenvalue weighted by atomic mass is 32.1. The van der Waals surface area contributed by atoms with Crippen molar-refractivity contribution in [3.05, 3.63) is 59.1 Å². The molecule has 0 amide bonds. The fourth-order valence-electron chi connectivity index (χ4n) is 3.52. The molecule has 3 aromatic rings. The van der Waals surface area contributed by atoms with Gasteiger partial charge in [0.15, 0.2) is 11.5 Å². The van der Waals surface area contributed by atoms with Crippen molar-refractivity contribution in [1.82, 2.24) is 10.3 Å². The fraction of sp³-hybridized carbons (Fsp3) is 0.286. The van der Waals surface area contributed by atoms with Crippen molar-refractivity contribution in [1.29, 1.82) is 0 Å². The first-order valence-corrected chi connectivity index (χ1v) is 10.0. The van der Waals surface area contributed by atoms with Gasteiger partial charge >= 0.3 is 0 Å². The van der Waals surface area contributed by atoms with Gasteiger partial charge in [-0.25, -0.2) is 4.98 Å². The Hall–Kier alpha value is -2.57. The van der Waals surface area contributed by atoms with Crippen LogP contribution in [0.3, 0.4) is 0 Å². The number of fused-ring (bicyclic) bond motifs is 2. The smallest absolute Gasteiger partial charge is 0.231 e. The average molecular weight is 380 g/mol. The minimum Gasteiger partial charge on any atom is -0.493 e. The maximum absolute atomic E-state index is 5.85. The molecule has 0 radical (unpaired) electrons. The molecule has 0 fully saturated rings. The van der Waals surface area contributed by atoms with Gasteiger partial charge in [0.1, 0.15) is 10.8 Å². The number of ether oxygens (including phenoxy) is 3. The highest BCUT2D eigenvalue weighted by Gasteiger charge is 2.19. The highest BCUT2D eigenvalue weighted by Crippen LogP contribution is 2.37. The summed E-state index contributed by atoms with van der Waals surface area (Å²) in [6, 6.07) is 14.6. The third kappa shape index (κ3) is 3.38. The third-order valence-corrected chi connectivity index (χ3v) is 5.83. The van der Waals surface area contributed by atoms with Gasteiger partial charge in [0, 0.05) is 29.1 Å². The maximum Gasteiger partial charge on any atom is 0.231 e. The molecule has 1 N–H and O–H groups in total. The van der Waals surface area contributed by atoms with Gasteiger partial charge in [0.05, 0.1) is 12.3 Å². The summed E-state index contributed by atoms with van der Waals surface area (Å²) < 4.78 is 16.7. The Morgan fingerprint density at radius 2 is 1.96 bits per heavy atom. The summed E-state index contributed by atoms with van der Waals surface area (Å²) >= 11 is 1.65. The van der Waals surface area contributed by atoms with Gasteiger partial charge in [-0.1, -0.05) is 18.2 Å². The zero-order valence-corrected chi connectivity index (χ0v) is 15.6. The van der Waals surface area contributed by atoms with E-state index in [2.05, 4.69) is 28.9 Å². The van der Waals surface area contributed by atoms with Crippen molar-refractivity contribution in [2.45, 2.75) is 25.4 Å². The first-order valence-electron chi connectivity index (χ1n) is 9.16. The van der Waals surface area contributed by atoms with Crippen molar-refractivity contribution in [3.63, 3.8) is 0 Å². The van der Waals surface area contributed by atoms with E-state index in [1.807, 2.05) is 24.3 Å². The lowest BCUT2D eigenvalue weighted by molar-refractivity contribution is 0.174. The molecule has 6 heteroatoms. The predicted octanol–water partition coefficient (Wildman–Crippen LogP) is 4.54. The van der Waals surface area contributed by atoms with E-state index in [0.29, 0.717) is 12.8 Å². The number of thiazole rings is 1. The molecule has 0 saturated heterocycles. The zero-order valence-electron chi connectivity index (χ0n) is 14.8. The molecular formula is C21H20N2O3S.